The van der Waals surface area contributed by atoms with Gasteiger partial charge < -0.3 is 5.32 Å². The van der Waals surface area contributed by atoms with Crippen molar-refractivity contribution in [3.05, 3.63) is 63.6 Å². The average molecular weight is 340 g/mol. The van der Waals surface area contributed by atoms with Crippen molar-refractivity contribution in [2.45, 2.75) is 24.3 Å². The zero-order chi connectivity index (χ0) is 15.2. The molecule has 0 aliphatic rings. The topological polar surface area (TPSA) is 12.0 Å². The van der Waals surface area contributed by atoms with E-state index in [0.717, 1.165) is 23.6 Å². The van der Waals surface area contributed by atoms with E-state index in [1.54, 1.807) is 17.8 Å². The van der Waals surface area contributed by atoms with Crippen LogP contribution in [0, 0.1) is 0 Å². The minimum Gasteiger partial charge on any atom is -0.310 e. The molecule has 0 saturated heterocycles. The first-order valence-corrected chi connectivity index (χ1v) is 8.89. The average Bonchev–Trinajstić information content (AvgIpc) is 2.49. The smallest absolute Gasteiger partial charge is 0.0453 e. The Kier molecular flexibility index (Phi) is 6.43. The minimum absolute atomic E-state index is 0.326. The highest BCUT2D eigenvalue weighted by molar-refractivity contribution is 7.98. The fourth-order valence-corrected chi connectivity index (χ4v) is 3.07. The number of benzene rings is 2. The third-order valence-electron chi connectivity index (χ3n) is 3.48. The summed E-state index contributed by atoms with van der Waals surface area (Å²) in [5.74, 6) is 0. The summed E-state index contributed by atoms with van der Waals surface area (Å²) < 4.78 is 0. The fourth-order valence-electron chi connectivity index (χ4n) is 2.16. The van der Waals surface area contributed by atoms with Crippen LogP contribution in [0.4, 0.5) is 0 Å². The first kappa shape index (κ1) is 16.7. The zero-order valence-corrected chi connectivity index (χ0v) is 14.5. The Morgan fingerprint density at radius 1 is 1.10 bits per heavy atom. The molecule has 0 spiro atoms. The Labute approximate surface area is 141 Å². The Balaban J connectivity index is 1.87. The van der Waals surface area contributed by atoms with Crippen LogP contribution in [-0.2, 0) is 6.42 Å². The molecule has 0 aromatic heterocycles. The maximum absolute atomic E-state index is 6.18. The summed E-state index contributed by atoms with van der Waals surface area (Å²) >= 11 is 13.8. The molecule has 0 bridgehead atoms. The van der Waals surface area contributed by atoms with Gasteiger partial charge >= 0.3 is 0 Å². The van der Waals surface area contributed by atoms with Crippen LogP contribution in [0.3, 0.4) is 0 Å². The largest absolute Gasteiger partial charge is 0.310 e. The number of rotatable bonds is 6. The molecule has 21 heavy (non-hydrogen) atoms. The van der Waals surface area contributed by atoms with Crippen molar-refractivity contribution >= 4 is 35.0 Å². The molecule has 0 radical (unpaired) electrons. The lowest BCUT2D eigenvalue weighted by atomic mass is 10.1. The number of nitrogens with one attached hydrogen (secondary N) is 1. The molecule has 1 N–H and O–H groups in total. The highest BCUT2D eigenvalue weighted by Gasteiger charge is 2.06. The molecule has 4 heteroatoms. The molecular weight excluding hydrogens is 321 g/mol. The lowest BCUT2D eigenvalue weighted by molar-refractivity contribution is 0.576. The van der Waals surface area contributed by atoms with Crippen LogP contribution < -0.4 is 5.32 Å². The lowest BCUT2D eigenvalue weighted by Gasteiger charge is -2.15. The second kappa shape index (κ2) is 8.09. The van der Waals surface area contributed by atoms with Gasteiger partial charge in [0.15, 0.2) is 0 Å². The Morgan fingerprint density at radius 3 is 2.43 bits per heavy atom. The van der Waals surface area contributed by atoms with Gasteiger partial charge in [0, 0.05) is 21.0 Å². The van der Waals surface area contributed by atoms with Gasteiger partial charge in [-0.2, -0.15) is 0 Å². The predicted octanol–water partition coefficient (Wildman–Crippen LogP) is 5.61. The lowest BCUT2D eigenvalue weighted by Crippen LogP contribution is -2.21. The molecule has 2 aromatic carbocycles. The molecule has 0 aliphatic carbocycles. The van der Waals surface area contributed by atoms with Gasteiger partial charge in [-0.3, -0.25) is 0 Å². The maximum Gasteiger partial charge on any atom is 0.0453 e. The highest BCUT2D eigenvalue weighted by Crippen LogP contribution is 2.22. The molecule has 0 saturated carbocycles. The van der Waals surface area contributed by atoms with Gasteiger partial charge in [-0.15, -0.1) is 11.8 Å². The van der Waals surface area contributed by atoms with Crippen LogP contribution >= 0.6 is 35.0 Å². The first-order chi connectivity index (χ1) is 10.1. The minimum atomic E-state index is 0.326. The van der Waals surface area contributed by atoms with E-state index >= 15 is 0 Å². The van der Waals surface area contributed by atoms with E-state index in [1.807, 2.05) is 12.1 Å². The number of hydrogen-bond donors (Lipinski definition) is 1. The second-order valence-corrected chi connectivity index (χ2v) is 6.66. The van der Waals surface area contributed by atoms with E-state index in [1.165, 1.54) is 10.5 Å². The number of hydrogen-bond acceptors (Lipinski definition) is 2. The Hall–Kier alpha value is -0.670. The summed E-state index contributed by atoms with van der Waals surface area (Å²) in [6.07, 6.45) is 2.98. The maximum atomic E-state index is 6.18. The van der Waals surface area contributed by atoms with Crippen LogP contribution in [0.5, 0.6) is 0 Å². The summed E-state index contributed by atoms with van der Waals surface area (Å²) in [6, 6.07) is 14.7. The normalized spacial score (nSPS) is 12.4. The molecule has 0 amide bonds. The van der Waals surface area contributed by atoms with Gasteiger partial charge in [-0.25, -0.2) is 0 Å². The third-order valence-corrected chi connectivity index (χ3v) is 4.81. The van der Waals surface area contributed by atoms with Gasteiger partial charge in [-0.05, 0) is 61.5 Å². The number of halogens is 2. The molecule has 1 nitrogen and oxygen atoms in total. The molecule has 0 aliphatic heterocycles. The van der Waals surface area contributed by atoms with Crippen molar-refractivity contribution < 1.29 is 0 Å². The Bertz CT molecular complexity index is 584. The van der Waals surface area contributed by atoms with E-state index in [-0.39, 0.29) is 0 Å². The SMILES string of the molecule is CSc1ccc(C(C)NCCc2ccc(Cl)cc2Cl)cc1. The molecule has 0 fully saturated rings. The summed E-state index contributed by atoms with van der Waals surface area (Å²) in [5.41, 5.74) is 2.42. The highest BCUT2D eigenvalue weighted by atomic mass is 35.5. The molecule has 1 unspecified atom stereocenters. The third kappa shape index (κ3) is 4.93. The van der Waals surface area contributed by atoms with Gasteiger partial charge in [0.1, 0.15) is 0 Å². The van der Waals surface area contributed by atoms with Gasteiger partial charge in [0.05, 0.1) is 0 Å². The van der Waals surface area contributed by atoms with Crippen LogP contribution in [0.15, 0.2) is 47.4 Å². The van der Waals surface area contributed by atoms with Crippen LogP contribution in [0.1, 0.15) is 24.1 Å². The molecule has 2 aromatic rings. The molecular formula is C17H19Cl2NS. The van der Waals surface area contributed by atoms with E-state index in [0.29, 0.717) is 11.1 Å². The summed E-state index contributed by atoms with van der Waals surface area (Å²) in [7, 11) is 0. The molecule has 1 atom stereocenters. The van der Waals surface area contributed by atoms with Crippen LogP contribution in [-0.4, -0.2) is 12.8 Å². The van der Waals surface area contributed by atoms with Crippen molar-refractivity contribution in [2.24, 2.45) is 0 Å². The van der Waals surface area contributed by atoms with Crippen molar-refractivity contribution in [1.82, 2.24) is 5.32 Å². The summed E-state index contributed by atoms with van der Waals surface area (Å²) in [4.78, 5) is 1.29. The fraction of sp³-hybridized carbons (Fsp3) is 0.294. The predicted molar refractivity (Wildman–Crippen MR) is 94.8 cm³/mol. The Morgan fingerprint density at radius 2 is 1.81 bits per heavy atom. The van der Waals surface area contributed by atoms with Crippen LogP contribution in [0.2, 0.25) is 10.0 Å². The summed E-state index contributed by atoms with van der Waals surface area (Å²) in [6.45, 7) is 3.06. The number of thioether (sulfide) groups is 1. The van der Waals surface area contributed by atoms with Crippen molar-refractivity contribution in [2.75, 3.05) is 12.8 Å². The molecule has 112 valence electrons. The van der Waals surface area contributed by atoms with Crippen molar-refractivity contribution in [3.63, 3.8) is 0 Å². The first-order valence-electron chi connectivity index (χ1n) is 6.91. The van der Waals surface area contributed by atoms with Crippen LogP contribution in [0.25, 0.3) is 0 Å². The van der Waals surface area contributed by atoms with Crippen molar-refractivity contribution in [3.8, 4) is 0 Å². The molecule has 2 rings (SSSR count). The van der Waals surface area contributed by atoms with Gasteiger partial charge in [-0.1, -0.05) is 41.4 Å². The second-order valence-electron chi connectivity index (χ2n) is 4.93. The van der Waals surface area contributed by atoms with E-state index in [4.69, 9.17) is 23.2 Å². The van der Waals surface area contributed by atoms with E-state index < -0.39 is 0 Å². The standard InChI is InChI=1S/C17H19Cl2NS/c1-12(13-4-7-16(21-2)8-5-13)20-10-9-14-3-6-15(18)11-17(14)19/h3-8,11-12,20H,9-10H2,1-2H3. The van der Waals surface area contributed by atoms with E-state index in [9.17, 15) is 0 Å². The van der Waals surface area contributed by atoms with Gasteiger partial charge in [0.25, 0.3) is 0 Å². The molecule has 0 heterocycles. The van der Waals surface area contributed by atoms with E-state index in [2.05, 4.69) is 42.8 Å². The quantitative estimate of drug-likeness (QED) is 0.686. The zero-order valence-electron chi connectivity index (χ0n) is 12.2. The monoisotopic (exact) mass is 339 g/mol. The summed E-state index contributed by atoms with van der Waals surface area (Å²) in [5, 5.41) is 4.95. The van der Waals surface area contributed by atoms with Crippen molar-refractivity contribution in [1.29, 1.82) is 0 Å². The van der Waals surface area contributed by atoms with Gasteiger partial charge in [0.2, 0.25) is 0 Å².